The monoisotopic (exact) mass is 311 g/mol. The van der Waals surface area contributed by atoms with Gasteiger partial charge in [-0.3, -0.25) is 4.79 Å². The Balaban J connectivity index is 2.22. The fraction of sp³-hybridized carbons (Fsp3) is 0.294. The molecule has 0 radical (unpaired) electrons. The van der Waals surface area contributed by atoms with Crippen molar-refractivity contribution in [3.05, 3.63) is 42.1 Å². The number of nitrogens with one attached hydrogen (secondary N) is 1. The number of esters is 1. The van der Waals surface area contributed by atoms with Crippen molar-refractivity contribution < 1.29 is 14.3 Å². The molecule has 1 aromatic carbocycles. The van der Waals surface area contributed by atoms with Crippen molar-refractivity contribution in [3.63, 3.8) is 0 Å². The van der Waals surface area contributed by atoms with Crippen LogP contribution in [-0.4, -0.2) is 30.0 Å². The van der Waals surface area contributed by atoms with Crippen LogP contribution in [0.5, 0.6) is 0 Å². The second kappa shape index (κ2) is 7.36. The summed E-state index contributed by atoms with van der Waals surface area (Å²) in [5, 5.41) is 12.3. The molecule has 1 aromatic heterocycles. The van der Waals surface area contributed by atoms with Gasteiger partial charge in [-0.2, -0.15) is 5.26 Å². The Morgan fingerprint density at radius 1 is 1.30 bits per heavy atom. The van der Waals surface area contributed by atoms with Crippen molar-refractivity contribution in [2.75, 3.05) is 7.11 Å². The molecule has 0 aliphatic carbocycles. The lowest BCUT2D eigenvalue weighted by Gasteiger charge is -2.20. The molecule has 1 amide bonds. The summed E-state index contributed by atoms with van der Waals surface area (Å²) in [6.07, 6.45) is 0.130. The third-order valence-electron chi connectivity index (χ3n) is 3.56. The van der Waals surface area contributed by atoms with Gasteiger partial charge in [-0.25, -0.2) is 9.78 Å². The Bertz CT molecular complexity index is 767. The zero-order chi connectivity index (χ0) is 16.8. The summed E-state index contributed by atoms with van der Waals surface area (Å²) in [5.41, 5.74) is 0.904. The molecule has 2 aromatic rings. The molecule has 118 valence electrons. The summed E-state index contributed by atoms with van der Waals surface area (Å²) in [6, 6.07) is 11.9. The number of methoxy groups -OCH3 is 1. The first-order chi connectivity index (χ1) is 11.1. The molecule has 0 aliphatic rings. The summed E-state index contributed by atoms with van der Waals surface area (Å²) in [6.45, 7) is 1.71. The highest BCUT2D eigenvalue weighted by molar-refractivity contribution is 5.97. The van der Waals surface area contributed by atoms with Gasteiger partial charge in [0, 0.05) is 17.7 Å². The average Bonchev–Trinajstić information content (AvgIpc) is 2.58. The van der Waals surface area contributed by atoms with E-state index in [2.05, 4.69) is 10.3 Å². The van der Waals surface area contributed by atoms with Crippen LogP contribution in [-0.2, 0) is 9.53 Å². The van der Waals surface area contributed by atoms with Crippen LogP contribution in [0.4, 0.5) is 0 Å². The number of amides is 1. The number of nitrogens with zero attached hydrogens (tertiary/aromatic N) is 2. The largest absolute Gasteiger partial charge is 0.467 e. The number of aromatic nitrogens is 1. The molecule has 0 unspecified atom stereocenters. The zero-order valence-corrected chi connectivity index (χ0v) is 12.9. The number of carbonyl (C=O) groups excluding carboxylic acids is 2. The van der Waals surface area contributed by atoms with E-state index in [1.54, 1.807) is 19.1 Å². The first-order valence-corrected chi connectivity index (χ1v) is 7.18. The lowest BCUT2D eigenvalue weighted by atomic mass is 9.99. The Kier molecular flexibility index (Phi) is 5.26. The van der Waals surface area contributed by atoms with Gasteiger partial charge in [0.15, 0.2) is 0 Å². The molecule has 2 rings (SSSR count). The average molecular weight is 311 g/mol. The molecular formula is C17H17N3O3. The van der Waals surface area contributed by atoms with Crippen molar-refractivity contribution in [2.24, 2.45) is 5.92 Å². The molecule has 1 heterocycles. The molecular weight excluding hydrogens is 294 g/mol. The number of fused-ring (bicyclic) bond motifs is 1. The number of ether oxygens (including phenoxy) is 1. The number of rotatable bonds is 5. The number of para-hydroxylation sites is 1. The van der Waals surface area contributed by atoms with Crippen molar-refractivity contribution in [2.45, 2.75) is 19.4 Å². The summed E-state index contributed by atoms with van der Waals surface area (Å²) >= 11 is 0. The molecule has 0 saturated heterocycles. The second-order valence-corrected chi connectivity index (χ2v) is 5.20. The lowest BCUT2D eigenvalue weighted by molar-refractivity contribution is -0.144. The van der Waals surface area contributed by atoms with Crippen molar-refractivity contribution >= 4 is 22.8 Å². The van der Waals surface area contributed by atoms with Gasteiger partial charge in [-0.05, 0) is 12.1 Å². The molecule has 0 spiro atoms. The molecule has 23 heavy (non-hydrogen) atoms. The van der Waals surface area contributed by atoms with E-state index in [1.807, 2.05) is 30.3 Å². The molecule has 0 bridgehead atoms. The summed E-state index contributed by atoms with van der Waals surface area (Å²) < 4.78 is 4.70. The predicted octanol–water partition coefficient (Wildman–Crippen LogP) is 2.06. The summed E-state index contributed by atoms with van der Waals surface area (Å²) in [5.74, 6) is -1.42. The van der Waals surface area contributed by atoms with E-state index in [9.17, 15) is 9.59 Å². The molecule has 2 atom stereocenters. The van der Waals surface area contributed by atoms with Gasteiger partial charge in [0.2, 0.25) is 0 Å². The molecule has 6 heteroatoms. The van der Waals surface area contributed by atoms with Crippen molar-refractivity contribution in [1.82, 2.24) is 10.3 Å². The van der Waals surface area contributed by atoms with Gasteiger partial charge >= 0.3 is 5.97 Å². The number of nitriles is 1. The highest BCUT2D eigenvalue weighted by Gasteiger charge is 2.28. The van der Waals surface area contributed by atoms with Crippen LogP contribution in [0.2, 0.25) is 0 Å². The fourth-order valence-corrected chi connectivity index (χ4v) is 2.23. The number of pyridine rings is 1. The normalized spacial score (nSPS) is 12.9. The third kappa shape index (κ3) is 3.83. The van der Waals surface area contributed by atoms with Gasteiger partial charge < -0.3 is 10.1 Å². The Morgan fingerprint density at radius 2 is 2.04 bits per heavy atom. The standard InChI is InChI=1S/C17H17N3O3/c1-11(9-10-18)15(17(22)23-2)20-16(21)14-8-7-12-5-3-4-6-13(12)19-14/h3-8,11,15H,9H2,1-2H3,(H,20,21)/t11-,15-/m1/s1. The molecule has 0 saturated carbocycles. The second-order valence-electron chi connectivity index (χ2n) is 5.20. The van der Waals surface area contributed by atoms with Gasteiger partial charge in [0.05, 0.1) is 18.7 Å². The van der Waals surface area contributed by atoms with Gasteiger partial charge in [0.1, 0.15) is 11.7 Å². The molecule has 6 nitrogen and oxygen atoms in total. The summed E-state index contributed by atoms with van der Waals surface area (Å²) in [4.78, 5) is 28.5. The lowest BCUT2D eigenvalue weighted by Crippen LogP contribution is -2.46. The highest BCUT2D eigenvalue weighted by Crippen LogP contribution is 2.13. The van der Waals surface area contributed by atoms with E-state index in [0.717, 1.165) is 5.39 Å². The third-order valence-corrected chi connectivity index (χ3v) is 3.56. The van der Waals surface area contributed by atoms with Crippen molar-refractivity contribution in [3.8, 4) is 6.07 Å². The Hall–Kier alpha value is -2.94. The van der Waals surface area contributed by atoms with E-state index in [-0.39, 0.29) is 18.0 Å². The van der Waals surface area contributed by atoms with E-state index in [0.29, 0.717) is 5.52 Å². The number of hydrogen-bond donors (Lipinski definition) is 1. The van der Waals surface area contributed by atoms with E-state index in [4.69, 9.17) is 10.00 Å². The Morgan fingerprint density at radius 3 is 2.74 bits per heavy atom. The molecule has 0 fully saturated rings. The number of benzene rings is 1. The van der Waals surface area contributed by atoms with Crippen LogP contribution in [0.15, 0.2) is 36.4 Å². The first-order valence-electron chi connectivity index (χ1n) is 7.18. The maximum atomic E-state index is 12.4. The minimum absolute atomic E-state index is 0.130. The fourth-order valence-electron chi connectivity index (χ4n) is 2.23. The topological polar surface area (TPSA) is 92.1 Å². The Labute approximate surface area is 134 Å². The van der Waals surface area contributed by atoms with E-state index in [1.165, 1.54) is 7.11 Å². The van der Waals surface area contributed by atoms with Crippen LogP contribution in [0.25, 0.3) is 10.9 Å². The number of carbonyl (C=O) groups is 2. The van der Waals surface area contributed by atoms with Crippen LogP contribution < -0.4 is 5.32 Å². The summed E-state index contributed by atoms with van der Waals surface area (Å²) in [7, 11) is 1.24. The first kappa shape index (κ1) is 16.4. The van der Waals surface area contributed by atoms with Crippen LogP contribution >= 0.6 is 0 Å². The van der Waals surface area contributed by atoms with Gasteiger partial charge in [-0.15, -0.1) is 0 Å². The predicted molar refractivity (Wildman–Crippen MR) is 84.4 cm³/mol. The molecule has 1 N–H and O–H groups in total. The van der Waals surface area contributed by atoms with Crippen LogP contribution in [0.3, 0.4) is 0 Å². The number of hydrogen-bond acceptors (Lipinski definition) is 5. The van der Waals surface area contributed by atoms with Crippen LogP contribution in [0, 0.1) is 17.2 Å². The molecule has 0 aliphatic heterocycles. The minimum atomic E-state index is -0.888. The quantitative estimate of drug-likeness (QED) is 0.853. The maximum Gasteiger partial charge on any atom is 0.328 e. The van der Waals surface area contributed by atoms with Crippen molar-refractivity contribution in [1.29, 1.82) is 5.26 Å². The minimum Gasteiger partial charge on any atom is -0.467 e. The van der Waals surface area contributed by atoms with Gasteiger partial charge in [0.25, 0.3) is 5.91 Å². The van der Waals surface area contributed by atoms with E-state index >= 15 is 0 Å². The maximum absolute atomic E-state index is 12.4. The van der Waals surface area contributed by atoms with Crippen LogP contribution in [0.1, 0.15) is 23.8 Å². The van der Waals surface area contributed by atoms with E-state index < -0.39 is 17.9 Å². The van der Waals surface area contributed by atoms with Gasteiger partial charge in [-0.1, -0.05) is 31.2 Å². The highest BCUT2D eigenvalue weighted by atomic mass is 16.5. The smallest absolute Gasteiger partial charge is 0.328 e. The zero-order valence-electron chi connectivity index (χ0n) is 12.9. The SMILES string of the molecule is COC(=O)[C@H](NC(=O)c1ccc2ccccc2n1)[C@H](C)CC#N.